The molecular formula is C20H26ClN3O2. The Hall–Kier alpha value is -2.27. The van der Waals surface area contributed by atoms with Gasteiger partial charge >= 0.3 is 0 Å². The Balaban J connectivity index is 2.23. The maximum atomic E-state index is 12.7. The van der Waals surface area contributed by atoms with Crippen molar-refractivity contribution in [1.29, 1.82) is 0 Å². The summed E-state index contributed by atoms with van der Waals surface area (Å²) in [6.07, 6.45) is 0. The number of hydrogen-bond donors (Lipinski definition) is 2. The highest BCUT2D eigenvalue weighted by molar-refractivity contribution is 6.30. The molecule has 0 aliphatic carbocycles. The van der Waals surface area contributed by atoms with Crippen molar-refractivity contribution in [3.63, 3.8) is 0 Å². The standard InChI is InChI=1S/C20H26ClN3O2/c1-12-10-17(14(3)24(12)16-9-7-8-15(21)11-16)19(26)22-13(2)18(25)23-20(4,5)6/h7-11,13H,1-6H3,(H,22,26)(H,23,25). The molecule has 0 radical (unpaired) electrons. The molecule has 2 aromatic rings. The number of aromatic nitrogens is 1. The van der Waals surface area contributed by atoms with Gasteiger partial charge in [0, 0.05) is 27.6 Å². The van der Waals surface area contributed by atoms with Crippen molar-refractivity contribution in [2.24, 2.45) is 0 Å². The van der Waals surface area contributed by atoms with Crippen LogP contribution in [0.25, 0.3) is 5.69 Å². The molecule has 1 atom stereocenters. The van der Waals surface area contributed by atoms with Gasteiger partial charge in [-0.1, -0.05) is 17.7 Å². The summed E-state index contributed by atoms with van der Waals surface area (Å²) in [5.74, 6) is -0.488. The third-order valence-electron chi connectivity index (χ3n) is 3.98. The highest BCUT2D eigenvalue weighted by atomic mass is 35.5. The van der Waals surface area contributed by atoms with E-state index in [0.717, 1.165) is 17.1 Å². The van der Waals surface area contributed by atoms with Gasteiger partial charge in [-0.25, -0.2) is 0 Å². The molecule has 2 amide bonds. The lowest BCUT2D eigenvalue weighted by Gasteiger charge is -2.23. The van der Waals surface area contributed by atoms with Crippen LogP contribution in [-0.4, -0.2) is 28.0 Å². The molecule has 1 aromatic carbocycles. The van der Waals surface area contributed by atoms with Gasteiger partial charge in [0.1, 0.15) is 6.04 Å². The fraction of sp³-hybridized carbons (Fsp3) is 0.400. The van der Waals surface area contributed by atoms with E-state index in [4.69, 9.17) is 11.6 Å². The zero-order valence-electron chi connectivity index (χ0n) is 16.1. The van der Waals surface area contributed by atoms with E-state index in [-0.39, 0.29) is 17.4 Å². The first kappa shape index (κ1) is 20.0. The molecule has 0 aliphatic heterocycles. The monoisotopic (exact) mass is 375 g/mol. The Kier molecular flexibility index (Phi) is 5.81. The van der Waals surface area contributed by atoms with E-state index >= 15 is 0 Å². The molecule has 0 bridgehead atoms. The van der Waals surface area contributed by atoms with E-state index in [0.29, 0.717) is 10.6 Å². The van der Waals surface area contributed by atoms with Crippen molar-refractivity contribution in [3.8, 4) is 5.69 Å². The van der Waals surface area contributed by atoms with Crippen molar-refractivity contribution in [2.75, 3.05) is 0 Å². The molecule has 1 unspecified atom stereocenters. The topological polar surface area (TPSA) is 63.1 Å². The van der Waals surface area contributed by atoms with Gasteiger partial charge in [0.05, 0.1) is 5.56 Å². The molecule has 0 aliphatic rings. The van der Waals surface area contributed by atoms with Crippen molar-refractivity contribution < 1.29 is 9.59 Å². The van der Waals surface area contributed by atoms with Crippen LogP contribution < -0.4 is 10.6 Å². The molecule has 0 spiro atoms. The van der Waals surface area contributed by atoms with Crippen molar-refractivity contribution in [1.82, 2.24) is 15.2 Å². The normalized spacial score (nSPS) is 12.6. The lowest BCUT2D eigenvalue weighted by molar-refractivity contribution is -0.124. The van der Waals surface area contributed by atoms with Crippen LogP contribution in [0.1, 0.15) is 49.4 Å². The van der Waals surface area contributed by atoms with E-state index in [1.165, 1.54) is 0 Å². The van der Waals surface area contributed by atoms with Gasteiger partial charge in [0.2, 0.25) is 5.91 Å². The highest BCUT2D eigenvalue weighted by Gasteiger charge is 2.23. The Morgan fingerprint density at radius 2 is 1.81 bits per heavy atom. The summed E-state index contributed by atoms with van der Waals surface area (Å²) in [7, 11) is 0. The summed E-state index contributed by atoms with van der Waals surface area (Å²) in [6, 6.07) is 8.66. The van der Waals surface area contributed by atoms with Crippen LogP contribution in [0.2, 0.25) is 5.02 Å². The molecule has 26 heavy (non-hydrogen) atoms. The number of halogens is 1. The largest absolute Gasteiger partial charge is 0.350 e. The summed E-state index contributed by atoms with van der Waals surface area (Å²) in [5, 5.41) is 6.27. The number of nitrogens with one attached hydrogen (secondary N) is 2. The Bertz CT molecular complexity index is 834. The Morgan fingerprint density at radius 1 is 1.15 bits per heavy atom. The third kappa shape index (κ3) is 4.67. The number of benzene rings is 1. The first-order valence-electron chi connectivity index (χ1n) is 8.57. The third-order valence-corrected chi connectivity index (χ3v) is 4.22. The minimum atomic E-state index is -0.629. The molecule has 1 aromatic heterocycles. The second-order valence-electron chi connectivity index (χ2n) is 7.53. The molecule has 1 heterocycles. The fourth-order valence-corrected chi connectivity index (χ4v) is 3.01. The summed E-state index contributed by atoms with van der Waals surface area (Å²) in [6.45, 7) is 11.2. The zero-order valence-corrected chi connectivity index (χ0v) is 16.9. The van der Waals surface area contributed by atoms with E-state index < -0.39 is 6.04 Å². The second kappa shape index (κ2) is 7.54. The number of amides is 2. The van der Waals surface area contributed by atoms with Crippen molar-refractivity contribution in [2.45, 2.75) is 53.1 Å². The Morgan fingerprint density at radius 3 is 2.38 bits per heavy atom. The number of nitrogens with zero attached hydrogens (tertiary/aromatic N) is 1. The molecule has 0 saturated carbocycles. The van der Waals surface area contributed by atoms with Gasteiger partial charge in [-0.15, -0.1) is 0 Å². The van der Waals surface area contributed by atoms with Gasteiger partial charge in [-0.2, -0.15) is 0 Å². The van der Waals surface area contributed by atoms with Crippen LogP contribution in [0.5, 0.6) is 0 Å². The molecule has 140 valence electrons. The maximum absolute atomic E-state index is 12.7. The lowest BCUT2D eigenvalue weighted by atomic mass is 10.1. The van der Waals surface area contributed by atoms with Gasteiger partial charge in [0.15, 0.2) is 0 Å². The minimum absolute atomic E-state index is 0.213. The Labute approximate surface area is 159 Å². The number of rotatable bonds is 4. The second-order valence-corrected chi connectivity index (χ2v) is 7.97. The maximum Gasteiger partial charge on any atom is 0.253 e. The van der Waals surface area contributed by atoms with Gasteiger partial charge < -0.3 is 15.2 Å². The van der Waals surface area contributed by atoms with Crippen LogP contribution in [0, 0.1) is 13.8 Å². The minimum Gasteiger partial charge on any atom is -0.350 e. The highest BCUT2D eigenvalue weighted by Crippen LogP contribution is 2.23. The SMILES string of the molecule is Cc1cc(C(=O)NC(C)C(=O)NC(C)(C)C)c(C)n1-c1cccc(Cl)c1. The van der Waals surface area contributed by atoms with Crippen LogP contribution >= 0.6 is 11.6 Å². The van der Waals surface area contributed by atoms with Crippen LogP contribution in [0.3, 0.4) is 0 Å². The number of carbonyl (C=O) groups excluding carboxylic acids is 2. The van der Waals surface area contributed by atoms with Crippen LogP contribution in [0.15, 0.2) is 30.3 Å². The van der Waals surface area contributed by atoms with Crippen LogP contribution in [-0.2, 0) is 4.79 Å². The van der Waals surface area contributed by atoms with Gasteiger partial charge in [-0.3, -0.25) is 9.59 Å². The number of hydrogen-bond acceptors (Lipinski definition) is 2. The zero-order chi connectivity index (χ0) is 19.6. The molecule has 0 saturated heterocycles. The van der Waals surface area contributed by atoms with E-state index in [9.17, 15) is 9.59 Å². The molecule has 2 rings (SSSR count). The average molecular weight is 376 g/mol. The van der Waals surface area contributed by atoms with Gasteiger partial charge in [0.25, 0.3) is 5.91 Å². The average Bonchev–Trinajstić information content (AvgIpc) is 2.80. The summed E-state index contributed by atoms with van der Waals surface area (Å²) >= 11 is 6.09. The van der Waals surface area contributed by atoms with Gasteiger partial charge in [-0.05, 0) is 65.8 Å². The molecule has 0 fully saturated rings. The van der Waals surface area contributed by atoms with E-state index in [1.54, 1.807) is 6.92 Å². The number of carbonyl (C=O) groups is 2. The quantitative estimate of drug-likeness (QED) is 0.854. The summed E-state index contributed by atoms with van der Waals surface area (Å²) < 4.78 is 1.97. The van der Waals surface area contributed by atoms with Crippen molar-refractivity contribution in [3.05, 3.63) is 52.3 Å². The van der Waals surface area contributed by atoms with Crippen LogP contribution in [0.4, 0.5) is 0 Å². The molecule has 5 nitrogen and oxygen atoms in total. The first-order chi connectivity index (χ1) is 12.0. The predicted octanol–water partition coefficient (Wildman–Crippen LogP) is 3.78. The molecule has 2 N–H and O–H groups in total. The fourth-order valence-electron chi connectivity index (χ4n) is 2.82. The smallest absolute Gasteiger partial charge is 0.253 e. The predicted molar refractivity (Wildman–Crippen MR) is 105 cm³/mol. The number of aryl methyl sites for hydroxylation is 1. The molecular weight excluding hydrogens is 350 g/mol. The summed E-state index contributed by atoms with van der Waals surface area (Å²) in [5.41, 5.74) is 2.80. The first-order valence-corrected chi connectivity index (χ1v) is 8.95. The lowest BCUT2D eigenvalue weighted by Crippen LogP contribution is -2.50. The summed E-state index contributed by atoms with van der Waals surface area (Å²) in [4.78, 5) is 24.9. The van der Waals surface area contributed by atoms with Crippen molar-refractivity contribution >= 4 is 23.4 Å². The van der Waals surface area contributed by atoms with E-state index in [1.807, 2.05) is 69.5 Å². The van der Waals surface area contributed by atoms with E-state index in [2.05, 4.69) is 10.6 Å². The molecule has 6 heteroatoms.